The average molecular weight is 185 g/mol. The first-order chi connectivity index (χ1) is 6.07. The van der Waals surface area contributed by atoms with Gasteiger partial charge < -0.3 is 10.6 Å². The van der Waals surface area contributed by atoms with E-state index in [0.717, 1.165) is 18.9 Å². The van der Waals surface area contributed by atoms with Crippen LogP contribution in [0, 0.1) is 5.92 Å². The topological polar surface area (TPSA) is 41.6 Å². The maximum Gasteiger partial charge on any atom is 0.190 e. The Labute approximate surface area is 82.0 Å². The molecule has 3 heteroatoms. The van der Waals surface area contributed by atoms with Gasteiger partial charge in [-0.1, -0.05) is 20.3 Å². The zero-order valence-electron chi connectivity index (χ0n) is 9.38. The monoisotopic (exact) mass is 185 g/mol. The highest BCUT2D eigenvalue weighted by Gasteiger charge is 1.98. The van der Waals surface area contributed by atoms with Crippen molar-refractivity contribution in [2.45, 2.75) is 33.1 Å². The maximum atomic E-state index is 5.64. The zero-order chi connectivity index (χ0) is 10.3. The second-order valence-electron chi connectivity index (χ2n) is 3.79. The Morgan fingerprint density at radius 1 is 1.46 bits per heavy atom. The van der Waals surface area contributed by atoms with E-state index in [0.29, 0.717) is 5.96 Å². The SMILES string of the molecule is CCC(C)CCCN=C(N)N(C)C. The first kappa shape index (κ1) is 12.3. The Bertz CT molecular complexity index is 152. The lowest BCUT2D eigenvalue weighted by molar-refractivity contribution is 0.498. The maximum absolute atomic E-state index is 5.64. The number of rotatable bonds is 5. The Morgan fingerprint density at radius 2 is 2.08 bits per heavy atom. The van der Waals surface area contributed by atoms with Crippen LogP contribution in [0.4, 0.5) is 0 Å². The van der Waals surface area contributed by atoms with Gasteiger partial charge in [-0.15, -0.1) is 0 Å². The van der Waals surface area contributed by atoms with Crippen molar-refractivity contribution in [1.82, 2.24) is 4.90 Å². The summed E-state index contributed by atoms with van der Waals surface area (Å²) in [5.74, 6) is 1.44. The number of aliphatic imine (C=N–C) groups is 1. The molecule has 0 aliphatic rings. The summed E-state index contributed by atoms with van der Waals surface area (Å²) < 4.78 is 0. The number of guanidine groups is 1. The van der Waals surface area contributed by atoms with Crippen LogP contribution in [-0.2, 0) is 0 Å². The first-order valence-corrected chi connectivity index (χ1v) is 5.05. The van der Waals surface area contributed by atoms with Gasteiger partial charge in [0.1, 0.15) is 0 Å². The van der Waals surface area contributed by atoms with Gasteiger partial charge in [0.2, 0.25) is 0 Å². The van der Waals surface area contributed by atoms with Crippen molar-refractivity contribution in [3.05, 3.63) is 0 Å². The third-order valence-corrected chi connectivity index (χ3v) is 2.28. The lowest BCUT2D eigenvalue weighted by Crippen LogP contribution is -2.30. The molecule has 78 valence electrons. The lowest BCUT2D eigenvalue weighted by Gasteiger charge is -2.11. The molecular weight excluding hydrogens is 162 g/mol. The van der Waals surface area contributed by atoms with Crippen molar-refractivity contribution >= 4 is 5.96 Å². The van der Waals surface area contributed by atoms with Gasteiger partial charge in [-0.2, -0.15) is 0 Å². The van der Waals surface area contributed by atoms with Gasteiger partial charge in [-0.25, -0.2) is 0 Å². The molecule has 0 radical (unpaired) electrons. The number of hydrogen-bond donors (Lipinski definition) is 1. The molecule has 0 heterocycles. The van der Waals surface area contributed by atoms with Gasteiger partial charge in [0.05, 0.1) is 0 Å². The van der Waals surface area contributed by atoms with E-state index >= 15 is 0 Å². The van der Waals surface area contributed by atoms with E-state index in [2.05, 4.69) is 18.8 Å². The van der Waals surface area contributed by atoms with Crippen LogP contribution in [-0.4, -0.2) is 31.5 Å². The van der Waals surface area contributed by atoms with E-state index < -0.39 is 0 Å². The van der Waals surface area contributed by atoms with Gasteiger partial charge in [-0.05, 0) is 18.8 Å². The normalized spacial score (nSPS) is 14.3. The quantitative estimate of drug-likeness (QED) is 0.402. The second-order valence-corrected chi connectivity index (χ2v) is 3.79. The Morgan fingerprint density at radius 3 is 2.54 bits per heavy atom. The van der Waals surface area contributed by atoms with Crippen LogP contribution in [0.15, 0.2) is 4.99 Å². The molecule has 0 aromatic rings. The van der Waals surface area contributed by atoms with Crippen LogP contribution >= 0.6 is 0 Å². The van der Waals surface area contributed by atoms with Crippen molar-refractivity contribution < 1.29 is 0 Å². The highest BCUT2D eigenvalue weighted by Crippen LogP contribution is 2.08. The number of nitrogens with zero attached hydrogens (tertiary/aromatic N) is 2. The van der Waals surface area contributed by atoms with Crippen molar-refractivity contribution in [1.29, 1.82) is 0 Å². The first-order valence-electron chi connectivity index (χ1n) is 5.05. The molecule has 3 nitrogen and oxygen atoms in total. The fraction of sp³-hybridized carbons (Fsp3) is 0.900. The van der Waals surface area contributed by atoms with Crippen molar-refractivity contribution in [2.75, 3.05) is 20.6 Å². The molecular formula is C10H23N3. The van der Waals surface area contributed by atoms with Crippen LogP contribution in [0.2, 0.25) is 0 Å². The van der Waals surface area contributed by atoms with Crippen LogP contribution in [0.25, 0.3) is 0 Å². The molecule has 1 unspecified atom stereocenters. The fourth-order valence-corrected chi connectivity index (χ4v) is 0.979. The summed E-state index contributed by atoms with van der Waals surface area (Å²) in [5.41, 5.74) is 5.64. The van der Waals surface area contributed by atoms with Gasteiger partial charge in [0, 0.05) is 20.6 Å². The molecule has 0 aliphatic carbocycles. The largest absolute Gasteiger partial charge is 0.370 e. The minimum Gasteiger partial charge on any atom is -0.370 e. The van der Waals surface area contributed by atoms with Crippen LogP contribution in [0.3, 0.4) is 0 Å². The molecule has 0 fully saturated rings. The van der Waals surface area contributed by atoms with Crippen LogP contribution in [0.1, 0.15) is 33.1 Å². The summed E-state index contributed by atoms with van der Waals surface area (Å²) in [4.78, 5) is 6.09. The van der Waals surface area contributed by atoms with E-state index in [-0.39, 0.29) is 0 Å². The number of hydrogen-bond acceptors (Lipinski definition) is 1. The van der Waals surface area contributed by atoms with E-state index in [1.54, 1.807) is 0 Å². The highest BCUT2D eigenvalue weighted by molar-refractivity contribution is 5.77. The molecule has 0 aromatic carbocycles. The summed E-state index contributed by atoms with van der Waals surface area (Å²) in [6.07, 6.45) is 3.65. The molecule has 1 atom stereocenters. The summed E-state index contributed by atoms with van der Waals surface area (Å²) in [6, 6.07) is 0. The minimum absolute atomic E-state index is 0.629. The van der Waals surface area contributed by atoms with E-state index in [4.69, 9.17) is 5.73 Å². The molecule has 2 N–H and O–H groups in total. The van der Waals surface area contributed by atoms with Crippen LogP contribution < -0.4 is 5.73 Å². The fourth-order valence-electron chi connectivity index (χ4n) is 0.979. The highest BCUT2D eigenvalue weighted by atomic mass is 15.2. The predicted molar refractivity (Wildman–Crippen MR) is 58.9 cm³/mol. The van der Waals surface area contributed by atoms with Crippen molar-refractivity contribution in [3.8, 4) is 0 Å². The third-order valence-electron chi connectivity index (χ3n) is 2.28. The molecule has 13 heavy (non-hydrogen) atoms. The van der Waals surface area contributed by atoms with Gasteiger partial charge in [-0.3, -0.25) is 4.99 Å². The Balaban J connectivity index is 3.50. The number of nitrogens with two attached hydrogens (primary N) is 1. The Hall–Kier alpha value is -0.730. The zero-order valence-corrected chi connectivity index (χ0v) is 9.38. The van der Waals surface area contributed by atoms with E-state index in [1.165, 1.54) is 12.8 Å². The smallest absolute Gasteiger partial charge is 0.190 e. The van der Waals surface area contributed by atoms with Crippen molar-refractivity contribution in [3.63, 3.8) is 0 Å². The summed E-state index contributed by atoms with van der Waals surface area (Å²) in [6.45, 7) is 5.36. The van der Waals surface area contributed by atoms with Gasteiger partial charge in [0.25, 0.3) is 0 Å². The molecule has 0 saturated carbocycles. The van der Waals surface area contributed by atoms with Crippen molar-refractivity contribution in [2.24, 2.45) is 16.6 Å². The molecule has 0 aliphatic heterocycles. The van der Waals surface area contributed by atoms with E-state index in [9.17, 15) is 0 Å². The molecule has 0 bridgehead atoms. The summed E-state index contributed by atoms with van der Waals surface area (Å²) in [7, 11) is 3.82. The molecule has 0 saturated heterocycles. The van der Waals surface area contributed by atoms with Gasteiger partial charge >= 0.3 is 0 Å². The summed E-state index contributed by atoms with van der Waals surface area (Å²) in [5, 5.41) is 0. The molecule has 0 rings (SSSR count). The van der Waals surface area contributed by atoms with Gasteiger partial charge in [0.15, 0.2) is 5.96 Å². The standard InChI is InChI=1S/C10H23N3/c1-5-9(2)7-6-8-12-10(11)13(3)4/h9H,5-8H2,1-4H3,(H2,11,12). The third kappa shape index (κ3) is 6.43. The molecule has 0 aromatic heterocycles. The average Bonchev–Trinajstić information content (AvgIpc) is 2.11. The predicted octanol–water partition coefficient (Wildman–Crippen LogP) is 1.69. The summed E-state index contributed by atoms with van der Waals surface area (Å²) >= 11 is 0. The Kier molecular flexibility index (Phi) is 6.37. The van der Waals surface area contributed by atoms with Crippen LogP contribution in [0.5, 0.6) is 0 Å². The molecule has 0 spiro atoms. The van der Waals surface area contributed by atoms with E-state index in [1.807, 2.05) is 19.0 Å². The second kappa shape index (κ2) is 6.75. The molecule has 0 amide bonds. The lowest BCUT2D eigenvalue weighted by atomic mass is 10.0. The minimum atomic E-state index is 0.629.